The minimum Gasteiger partial charge on any atom is -0.496 e. The molecule has 104 valence electrons. The molecule has 3 nitrogen and oxygen atoms in total. The van der Waals surface area contributed by atoms with Gasteiger partial charge < -0.3 is 9.64 Å². The summed E-state index contributed by atoms with van der Waals surface area (Å²) in [7, 11) is 5.59. The maximum Gasteiger partial charge on any atom is 0.162 e. The molecule has 0 radical (unpaired) electrons. The molecule has 0 bridgehead atoms. The average molecular weight is 261 g/mol. The van der Waals surface area contributed by atoms with E-state index < -0.39 is 0 Å². The van der Waals surface area contributed by atoms with Gasteiger partial charge in [0.1, 0.15) is 5.75 Å². The monoisotopic (exact) mass is 261 g/mol. The first-order chi connectivity index (χ1) is 8.95. The maximum absolute atomic E-state index is 12.2. The maximum atomic E-state index is 12.2. The number of methoxy groups -OCH3 is 1. The van der Waals surface area contributed by atoms with Gasteiger partial charge in [0, 0.05) is 18.0 Å². The lowest BCUT2D eigenvalue weighted by Crippen LogP contribution is -2.26. The largest absolute Gasteiger partial charge is 0.496 e. The van der Waals surface area contributed by atoms with Crippen molar-refractivity contribution in [1.82, 2.24) is 4.90 Å². The minimum absolute atomic E-state index is 0.000886. The van der Waals surface area contributed by atoms with E-state index in [1.54, 1.807) is 7.11 Å². The van der Waals surface area contributed by atoms with E-state index in [1.807, 2.05) is 63.2 Å². The summed E-state index contributed by atoms with van der Waals surface area (Å²) in [6.07, 6.45) is 1.90. The van der Waals surface area contributed by atoms with Gasteiger partial charge in [-0.3, -0.25) is 4.79 Å². The summed E-state index contributed by atoms with van der Waals surface area (Å²) in [5.74, 6) is 0.968. The van der Waals surface area contributed by atoms with Crippen molar-refractivity contribution in [3.05, 3.63) is 35.4 Å². The van der Waals surface area contributed by atoms with Crippen LogP contribution in [0.1, 0.15) is 19.4 Å². The number of nitrogens with zero attached hydrogens (tertiary/aromatic N) is 1. The topological polar surface area (TPSA) is 29.5 Å². The van der Waals surface area contributed by atoms with E-state index in [0.29, 0.717) is 0 Å². The Morgan fingerprint density at radius 3 is 2.58 bits per heavy atom. The number of hydrogen-bond acceptors (Lipinski definition) is 3. The molecule has 3 heteroatoms. The molecule has 1 aromatic carbocycles. The molecule has 0 amide bonds. The highest BCUT2D eigenvalue weighted by atomic mass is 16.5. The molecule has 0 aliphatic carbocycles. The van der Waals surface area contributed by atoms with Gasteiger partial charge in [0.15, 0.2) is 5.78 Å². The van der Waals surface area contributed by atoms with Gasteiger partial charge in [-0.15, -0.1) is 0 Å². The van der Waals surface area contributed by atoms with Crippen molar-refractivity contribution < 1.29 is 9.53 Å². The van der Waals surface area contributed by atoms with E-state index in [-0.39, 0.29) is 11.7 Å². The molecule has 0 N–H and O–H groups in total. The minimum atomic E-state index is 0.000886. The summed E-state index contributed by atoms with van der Waals surface area (Å²) in [4.78, 5) is 14.3. The van der Waals surface area contributed by atoms with E-state index in [4.69, 9.17) is 4.74 Å². The molecule has 0 heterocycles. The molecule has 0 saturated heterocycles. The SMILES string of the molecule is COc1ccccc1C=C(C)C(=O)C(C)CN(C)C. The third-order valence-electron chi connectivity index (χ3n) is 2.99. The summed E-state index contributed by atoms with van der Waals surface area (Å²) in [5.41, 5.74) is 1.70. The molecular weight excluding hydrogens is 238 g/mol. The van der Waals surface area contributed by atoms with Gasteiger partial charge in [-0.25, -0.2) is 0 Å². The van der Waals surface area contributed by atoms with Gasteiger partial charge in [-0.1, -0.05) is 25.1 Å². The van der Waals surface area contributed by atoms with Crippen molar-refractivity contribution in [2.45, 2.75) is 13.8 Å². The third kappa shape index (κ3) is 4.52. The smallest absolute Gasteiger partial charge is 0.162 e. The van der Waals surface area contributed by atoms with Crippen LogP contribution in [0.25, 0.3) is 6.08 Å². The van der Waals surface area contributed by atoms with Crippen molar-refractivity contribution in [2.24, 2.45) is 5.92 Å². The Hall–Kier alpha value is -1.61. The molecule has 0 fully saturated rings. The van der Waals surface area contributed by atoms with Gasteiger partial charge in [0.2, 0.25) is 0 Å². The zero-order valence-electron chi connectivity index (χ0n) is 12.4. The molecule has 0 aliphatic heterocycles. The Morgan fingerprint density at radius 1 is 1.37 bits per heavy atom. The number of Topliss-reactive ketones (excluding diaryl/α,β-unsaturated/α-hetero) is 1. The van der Waals surface area contributed by atoms with Gasteiger partial charge >= 0.3 is 0 Å². The second-order valence-electron chi connectivity index (χ2n) is 5.10. The van der Waals surface area contributed by atoms with E-state index >= 15 is 0 Å². The number of ether oxygens (including phenoxy) is 1. The summed E-state index contributed by atoms with van der Waals surface area (Å²) in [5, 5.41) is 0. The molecule has 0 saturated carbocycles. The van der Waals surface area contributed by atoms with Crippen molar-refractivity contribution in [2.75, 3.05) is 27.7 Å². The summed E-state index contributed by atoms with van der Waals surface area (Å²) < 4.78 is 5.29. The van der Waals surface area contributed by atoms with Crippen LogP contribution in [-0.2, 0) is 4.79 Å². The molecule has 19 heavy (non-hydrogen) atoms. The van der Waals surface area contributed by atoms with Crippen molar-refractivity contribution >= 4 is 11.9 Å². The Bertz CT molecular complexity index is 464. The Balaban J connectivity index is 2.89. The molecule has 1 unspecified atom stereocenters. The van der Waals surface area contributed by atoms with Gasteiger partial charge in [0.25, 0.3) is 0 Å². The molecule has 1 rings (SSSR count). The van der Waals surface area contributed by atoms with Crippen LogP contribution in [0.4, 0.5) is 0 Å². The molecule has 0 spiro atoms. The van der Waals surface area contributed by atoms with E-state index in [2.05, 4.69) is 0 Å². The number of allylic oxidation sites excluding steroid dienone is 1. The predicted molar refractivity (Wildman–Crippen MR) is 79.4 cm³/mol. The van der Waals surface area contributed by atoms with Crippen LogP contribution >= 0.6 is 0 Å². The van der Waals surface area contributed by atoms with E-state index in [0.717, 1.165) is 23.4 Å². The first kappa shape index (κ1) is 15.4. The fourth-order valence-electron chi connectivity index (χ4n) is 2.11. The number of para-hydroxylation sites is 1. The normalized spacial score (nSPS) is 13.5. The second kappa shape index (κ2) is 7.10. The first-order valence-corrected chi connectivity index (χ1v) is 6.46. The van der Waals surface area contributed by atoms with Crippen LogP contribution < -0.4 is 4.74 Å². The van der Waals surface area contributed by atoms with Crippen LogP contribution in [0, 0.1) is 5.92 Å². The van der Waals surface area contributed by atoms with Crippen molar-refractivity contribution in [3.63, 3.8) is 0 Å². The van der Waals surface area contributed by atoms with Crippen LogP contribution in [0.3, 0.4) is 0 Å². The second-order valence-corrected chi connectivity index (χ2v) is 5.10. The van der Waals surface area contributed by atoms with Crippen LogP contribution in [0.5, 0.6) is 5.75 Å². The quantitative estimate of drug-likeness (QED) is 0.737. The van der Waals surface area contributed by atoms with E-state index in [1.165, 1.54) is 0 Å². The molecule has 1 atom stereocenters. The van der Waals surface area contributed by atoms with Crippen LogP contribution in [0.15, 0.2) is 29.8 Å². The zero-order valence-corrected chi connectivity index (χ0v) is 12.4. The lowest BCUT2D eigenvalue weighted by Gasteiger charge is -2.16. The van der Waals surface area contributed by atoms with Gasteiger partial charge in [-0.05, 0) is 38.7 Å². The number of rotatable bonds is 6. The van der Waals surface area contributed by atoms with Crippen molar-refractivity contribution in [3.8, 4) is 5.75 Å². The highest BCUT2D eigenvalue weighted by molar-refractivity contribution is 6.00. The fraction of sp³-hybridized carbons (Fsp3) is 0.438. The van der Waals surface area contributed by atoms with Crippen molar-refractivity contribution in [1.29, 1.82) is 0 Å². The standard InChI is InChI=1S/C16H23NO2/c1-12(16(18)13(2)11-17(3)4)10-14-8-6-7-9-15(14)19-5/h6-10,13H,11H2,1-5H3. The van der Waals surface area contributed by atoms with Crippen LogP contribution in [-0.4, -0.2) is 38.4 Å². The number of carbonyl (C=O) groups excluding carboxylic acids is 1. The Kier molecular flexibility index (Phi) is 5.77. The highest BCUT2D eigenvalue weighted by Gasteiger charge is 2.15. The number of ketones is 1. The Labute approximate surface area is 115 Å². The number of benzene rings is 1. The predicted octanol–water partition coefficient (Wildman–Crippen LogP) is 2.87. The highest BCUT2D eigenvalue weighted by Crippen LogP contribution is 2.21. The molecular formula is C16H23NO2. The third-order valence-corrected chi connectivity index (χ3v) is 2.99. The zero-order chi connectivity index (χ0) is 14.4. The van der Waals surface area contributed by atoms with Gasteiger partial charge in [0.05, 0.1) is 7.11 Å². The molecule has 1 aromatic rings. The average Bonchev–Trinajstić information content (AvgIpc) is 2.37. The number of hydrogen-bond donors (Lipinski definition) is 0. The summed E-state index contributed by atoms with van der Waals surface area (Å²) in [6, 6.07) is 7.70. The first-order valence-electron chi connectivity index (χ1n) is 6.46. The summed E-state index contributed by atoms with van der Waals surface area (Å²) in [6.45, 7) is 4.58. The van der Waals surface area contributed by atoms with Gasteiger partial charge in [-0.2, -0.15) is 0 Å². The fourth-order valence-corrected chi connectivity index (χ4v) is 2.11. The van der Waals surface area contributed by atoms with E-state index in [9.17, 15) is 4.79 Å². The number of carbonyl (C=O) groups is 1. The van der Waals surface area contributed by atoms with Crippen LogP contribution in [0.2, 0.25) is 0 Å². The summed E-state index contributed by atoms with van der Waals surface area (Å²) >= 11 is 0. The lowest BCUT2D eigenvalue weighted by atomic mass is 9.98. The molecule has 0 aliphatic rings. The molecule has 0 aromatic heterocycles. The Morgan fingerprint density at radius 2 is 2.00 bits per heavy atom. The lowest BCUT2D eigenvalue weighted by molar-refractivity contribution is -0.119.